The van der Waals surface area contributed by atoms with E-state index in [2.05, 4.69) is 5.32 Å². The number of esters is 1. The lowest BCUT2D eigenvalue weighted by Crippen LogP contribution is -2.48. The Balaban J connectivity index is 1.87. The molecule has 2 amide bonds. The van der Waals surface area contributed by atoms with E-state index >= 15 is 0 Å². The molecule has 5 nitrogen and oxygen atoms in total. The summed E-state index contributed by atoms with van der Waals surface area (Å²) in [6.07, 6.45) is 7.93. The number of nitrogens with zero attached hydrogens (tertiary/aromatic N) is 1. The van der Waals surface area contributed by atoms with E-state index in [9.17, 15) is 9.59 Å². The number of urea groups is 1. The van der Waals surface area contributed by atoms with Crippen LogP contribution in [0.5, 0.6) is 0 Å². The van der Waals surface area contributed by atoms with Crippen LogP contribution in [-0.2, 0) is 9.53 Å². The van der Waals surface area contributed by atoms with Gasteiger partial charge < -0.3 is 15.0 Å². The molecule has 2 rings (SSSR count). The van der Waals surface area contributed by atoms with Crippen LogP contribution in [0.3, 0.4) is 0 Å². The van der Waals surface area contributed by atoms with Crippen LogP contribution in [0, 0.1) is 5.92 Å². The van der Waals surface area contributed by atoms with Crippen LogP contribution in [-0.4, -0.2) is 42.6 Å². The van der Waals surface area contributed by atoms with E-state index in [1.165, 1.54) is 26.4 Å². The Labute approximate surface area is 121 Å². The Hall–Kier alpha value is -1.26. The molecule has 1 N–H and O–H groups in total. The van der Waals surface area contributed by atoms with Gasteiger partial charge in [-0.3, -0.25) is 4.79 Å². The normalized spacial score (nSPS) is 21.1. The summed E-state index contributed by atoms with van der Waals surface area (Å²) in [5, 5.41) is 3.14. The second-order valence-electron chi connectivity index (χ2n) is 6.09. The number of hydrogen-bond acceptors (Lipinski definition) is 3. The number of amides is 2. The first kappa shape index (κ1) is 15.1. The summed E-state index contributed by atoms with van der Waals surface area (Å²) in [7, 11) is 1.39. The molecule has 5 heteroatoms. The Bertz CT molecular complexity index is 349. The predicted octanol–water partition coefficient (Wildman–Crippen LogP) is 2.30. The van der Waals surface area contributed by atoms with Gasteiger partial charge in [0.1, 0.15) is 0 Å². The minimum atomic E-state index is -0.266. The largest absolute Gasteiger partial charge is 0.469 e. The number of carbonyl (C=O) groups excluding carboxylic acids is 2. The molecule has 0 spiro atoms. The summed E-state index contributed by atoms with van der Waals surface area (Å²) in [6, 6.07) is 0.617. The first-order chi connectivity index (χ1) is 9.61. The zero-order chi connectivity index (χ0) is 14.5. The topological polar surface area (TPSA) is 58.6 Å². The van der Waals surface area contributed by atoms with Crippen LogP contribution in [0.1, 0.15) is 51.9 Å². The fourth-order valence-electron chi connectivity index (χ4n) is 2.86. The lowest BCUT2D eigenvalue weighted by atomic mass is 9.96. The van der Waals surface area contributed by atoms with Gasteiger partial charge >= 0.3 is 12.0 Å². The van der Waals surface area contributed by atoms with E-state index < -0.39 is 0 Å². The van der Waals surface area contributed by atoms with Crippen molar-refractivity contribution in [3.8, 4) is 0 Å². The molecule has 0 aromatic carbocycles. The number of methoxy groups -OCH3 is 1. The summed E-state index contributed by atoms with van der Waals surface area (Å²) in [5.41, 5.74) is 0. The van der Waals surface area contributed by atoms with Crippen molar-refractivity contribution < 1.29 is 14.3 Å². The maximum Gasteiger partial charge on any atom is 0.317 e. The molecular formula is C15H26N2O3. The molecule has 0 bridgehead atoms. The monoisotopic (exact) mass is 282 g/mol. The second kappa shape index (κ2) is 6.95. The third kappa shape index (κ3) is 4.12. The van der Waals surface area contributed by atoms with Gasteiger partial charge in [0, 0.05) is 18.6 Å². The highest BCUT2D eigenvalue weighted by molar-refractivity contribution is 5.77. The molecule has 2 saturated carbocycles. The summed E-state index contributed by atoms with van der Waals surface area (Å²) in [6.45, 7) is 2.27. The average molecular weight is 282 g/mol. The van der Waals surface area contributed by atoms with Crippen LogP contribution in [0.25, 0.3) is 0 Å². The highest BCUT2D eigenvalue weighted by atomic mass is 16.5. The fraction of sp³-hybridized carbons (Fsp3) is 0.867. The van der Waals surface area contributed by atoms with Gasteiger partial charge in [0.25, 0.3) is 0 Å². The molecule has 1 atom stereocenters. The molecular weight excluding hydrogens is 256 g/mol. The highest BCUT2D eigenvalue weighted by Gasteiger charge is 2.35. The fourth-order valence-corrected chi connectivity index (χ4v) is 2.86. The molecule has 20 heavy (non-hydrogen) atoms. The molecule has 0 aromatic rings. The third-order valence-corrected chi connectivity index (χ3v) is 4.26. The lowest BCUT2D eigenvalue weighted by molar-refractivity contribution is -0.145. The number of rotatable bonds is 5. The minimum absolute atomic E-state index is 0.00449. The molecule has 0 radical (unpaired) electrons. The zero-order valence-electron chi connectivity index (χ0n) is 12.6. The van der Waals surface area contributed by atoms with Crippen LogP contribution < -0.4 is 5.32 Å². The molecule has 0 heterocycles. The van der Waals surface area contributed by atoms with Gasteiger partial charge in [0.2, 0.25) is 0 Å². The molecule has 2 aliphatic carbocycles. The van der Waals surface area contributed by atoms with Gasteiger partial charge in [-0.25, -0.2) is 4.79 Å². The minimum Gasteiger partial charge on any atom is -0.469 e. The molecule has 0 aliphatic heterocycles. The Morgan fingerprint density at radius 1 is 1.20 bits per heavy atom. The van der Waals surface area contributed by atoms with Crippen LogP contribution >= 0.6 is 0 Å². The van der Waals surface area contributed by atoms with Crippen molar-refractivity contribution in [2.75, 3.05) is 13.7 Å². The van der Waals surface area contributed by atoms with E-state index in [1.54, 1.807) is 0 Å². The second-order valence-corrected chi connectivity index (χ2v) is 6.09. The third-order valence-electron chi connectivity index (χ3n) is 4.26. The van der Waals surface area contributed by atoms with Crippen molar-refractivity contribution in [1.29, 1.82) is 0 Å². The maximum absolute atomic E-state index is 12.4. The van der Waals surface area contributed by atoms with Crippen molar-refractivity contribution in [3.63, 3.8) is 0 Å². The molecule has 0 saturated heterocycles. The number of carbonyl (C=O) groups is 2. The molecule has 0 aromatic heterocycles. The smallest absolute Gasteiger partial charge is 0.317 e. The molecule has 2 fully saturated rings. The van der Waals surface area contributed by atoms with E-state index in [-0.39, 0.29) is 17.9 Å². The standard InChI is InChI=1S/C15H26N2O3/c1-11(14(18)20-2)10-17(13-8-9-13)15(19)16-12-6-4-3-5-7-12/h11-13H,3-10H2,1-2H3,(H,16,19). The van der Waals surface area contributed by atoms with Crippen molar-refractivity contribution in [1.82, 2.24) is 10.2 Å². The quantitative estimate of drug-likeness (QED) is 0.787. The van der Waals surface area contributed by atoms with Crippen molar-refractivity contribution in [3.05, 3.63) is 0 Å². The Morgan fingerprint density at radius 3 is 2.40 bits per heavy atom. The Kier molecular flexibility index (Phi) is 5.26. The van der Waals surface area contributed by atoms with Gasteiger partial charge in [0.15, 0.2) is 0 Å². The first-order valence-electron chi connectivity index (χ1n) is 7.76. The molecule has 114 valence electrons. The van der Waals surface area contributed by atoms with E-state index in [0.717, 1.165) is 25.7 Å². The Morgan fingerprint density at radius 2 is 1.85 bits per heavy atom. The molecule has 2 aliphatic rings. The van der Waals surface area contributed by atoms with Gasteiger partial charge in [0.05, 0.1) is 13.0 Å². The lowest BCUT2D eigenvalue weighted by Gasteiger charge is -2.29. The van der Waals surface area contributed by atoms with E-state index in [1.807, 2.05) is 11.8 Å². The summed E-state index contributed by atoms with van der Waals surface area (Å²) < 4.78 is 4.75. The predicted molar refractivity (Wildman–Crippen MR) is 76.3 cm³/mol. The average Bonchev–Trinajstić information content (AvgIpc) is 3.29. The van der Waals surface area contributed by atoms with Crippen LogP contribution in [0.15, 0.2) is 0 Å². The van der Waals surface area contributed by atoms with E-state index in [0.29, 0.717) is 18.6 Å². The SMILES string of the molecule is COC(=O)C(C)CN(C(=O)NC1CCCCC1)C1CC1. The van der Waals surface area contributed by atoms with Gasteiger partial charge in [-0.1, -0.05) is 26.2 Å². The number of ether oxygens (including phenoxy) is 1. The zero-order valence-corrected chi connectivity index (χ0v) is 12.6. The van der Waals surface area contributed by atoms with Crippen LogP contribution in [0.4, 0.5) is 4.79 Å². The van der Waals surface area contributed by atoms with Crippen molar-refractivity contribution in [2.24, 2.45) is 5.92 Å². The number of nitrogens with one attached hydrogen (secondary N) is 1. The maximum atomic E-state index is 12.4. The van der Waals surface area contributed by atoms with Crippen LogP contribution in [0.2, 0.25) is 0 Å². The van der Waals surface area contributed by atoms with Gasteiger partial charge in [-0.05, 0) is 25.7 Å². The van der Waals surface area contributed by atoms with E-state index in [4.69, 9.17) is 4.74 Å². The van der Waals surface area contributed by atoms with Crippen molar-refractivity contribution in [2.45, 2.75) is 64.0 Å². The van der Waals surface area contributed by atoms with Gasteiger partial charge in [-0.15, -0.1) is 0 Å². The molecule has 1 unspecified atom stereocenters. The summed E-state index contributed by atoms with van der Waals surface area (Å²) >= 11 is 0. The van der Waals surface area contributed by atoms with Crippen molar-refractivity contribution >= 4 is 12.0 Å². The van der Waals surface area contributed by atoms with Gasteiger partial charge in [-0.2, -0.15) is 0 Å². The first-order valence-corrected chi connectivity index (χ1v) is 7.76. The number of hydrogen-bond donors (Lipinski definition) is 1. The summed E-state index contributed by atoms with van der Waals surface area (Å²) in [5.74, 6) is -0.515. The summed E-state index contributed by atoms with van der Waals surface area (Å²) in [4.78, 5) is 25.8. The highest BCUT2D eigenvalue weighted by Crippen LogP contribution is 2.28.